The molecule has 7 rings (SSSR count). The summed E-state index contributed by atoms with van der Waals surface area (Å²) in [6.45, 7) is 6.51. The second-order valence-electron chi connectivity index (χ2n) is 15.1. The summed E-state index contributed by atoms with van der Waals surface area (Å²) < 4.78 is 19.9. The van der Waals surface area contributed by atoms with Gasteiger partial charge in [0, 0.05) is 30.6 Å². The molecule has 2 N–H and O–H groups in total. The van der Waals surface area contributed by atoms with Crippen LogP contribution in [-0.2, 0) is 18.8 Å². The lowest BCUT2D eigenvalue weighted by atomic mass is 9.64. The molecule has 6 atom stereocenters. The number of methoxy groups -OCH3 is 1. The number of carbonyl (C=O) groups is 2. The molecular formula is C40H41IN2O9Si. The van der Waals surface area contributed by atoms with Gasteiger partial charge in [-0.05, 0) is 74.6 Å². The van der Waals surface area contributed by atoms with Crippen molar-refractivity contribution in [1.82, 2.24) is 0 Å². The third-order valence-corrected chi connectivity index (χ3v) is 17.1. The molecule has 0 aromatic heterocycles. The largest absolute Gasteiger partial charge is 0.504 e. The van der Waals surface area contributed by atoms with Crippen LogP contribution in [0.2, 0.25) is 5.04 Å². The SMILES string of the molecule is COc1cc([C@@H]2C[C@H]3[C@H]4C(=O)N(c5cccc([N+](=O)[O-])c5)C(=O)[C@H]4C[C@H](CO[Si](c4ccccc4)(c4ccccc4)C(C)(C)C)[C@@]3(O)O2)cc(I)c1O. The van der Waals surface area contributed by atoms with Crippen LogP contribution in [-0.4, -0.2) is 54.8 Å². The summed E-state index contributed by atoms with van der Waals surface area (Å²) in [6, 6.07) is 29.1. The van der Waals surface area contributed by atoms with Crippen LogP contribution < -0.4 is 20.0 Å². The number of phenolic OH excluding ortho intramolecular Hbond substituents is 1. The number of benzene rings is 4. The van der Waals surface area contributed by atoms with Crippen LogP contribution >= 0.6 is 22.6 Å². The van der Waals surface area contributed by atoms with Crippen LogP contribution in [0.4, 0.5) is 11.4 Å². The van der Waals surface area contributed by atoms with Gasteiger partial charge in [-0.2, -0.15) is 0 Å². The van der Waals surface area contributed by atoms with Crippen LogP contribution in [0, 0.1) is 37.4 Å². The number of nitro benzene ring substituents is 1. The van der Waals surface area contributed by atoms with Crippen LogP contribution in [0.5, 0.6) is 11.5 Å². The maximum absolute atomic E-state index is 14.4. The molecule has 1 saturated carbocycles. The summed E-state index contributed by atoms with van der Waals surface area (Å²) >= 11 is 2.00. The zero-order valence-electron chi connectivity index (χ0n) is 29.8. The van der Waals surface area contributed by atoms with E-state index < -0.39 is 60.6 Å². The number of ether oxygens (including phenoxy) is 2. The molecule has 276 valence electrons. The number of halogens is 1. The number of fused-ring (bicyclic) bond motifs is 3. The zero-order valence-corrected chi connectivity index (χ0v) is 32.9. The summed E-state index contributed by atoms with van der Waals surface area (Å²) in [5.74, 6) is -5.99. The summed E-state index contributed by atoms with van der Waals surface area (Å²) in [5, 5.41) is 36.8. The number of carbonyl (C=O) groups excluding carboxylic acids is 2. The summed E-state index contributed by atoms with van der Waals surface area (Å²) in [4.78, 5) is 40.8. The van der Waals surface area contributed by atoms with Crippen molar-refractivity contribution in [2.45, 2.75) is 50.5 Å². The van der Waals surface area contributed by atoms with Gasteiger partial charge in [-0.3, -0.25) is 19.7 Å². The Hall–Kier alpha value is -4.15. The molecular weight excluding hydrogens is 807 g/mol. The van der Waals surface area contributed by atoms with Gasteiger partial charge in [-0.1, -0.05) is 87.5 Å². The van der Waals surface area contributed by atoms with Crippen molar-refractivity contribution in [3.8, 4) is 11.5 Å². The number of hydrogen-bond acceptors (Lipinski definition) is 9. The van der Waals surface area contributed by atoms with Crippen molar-refractivity contribution in [3.05, 3.63) is 116 Å². The predicted molar refractivity (Wildman–Crippen MR) is 209 cm³/mol. The maximum Gasteiger partial charge on any atom is 0.271 e. The highest BCUT2D eigenvalue weighted by Crippen LogP contribution is 2.59. The fraction of sp³-hybridized carbons (Fsp3) is 0.350. The molecule has 3 fully saturated rings. The number of hydrogen-bond donors (Lipinski definition) is 2. The lowest BCUT2D eigenvalue weighted by molar-refractivity contribution is -0.384. The first kappa shape index (κ1) is 37.2. The maximum atomic E-state index is 14.4. The Labute approximate surface area is 322 Å². The second kappa shape index (κ2) is 13.9. The van der Waals surface area contributed by atoms with E-state index >= 15 is 0 Å². The van der Waals surface area contributed by atoms with E-state index in [4.69, 9.17) is 13.9 Å². The molecule has 0 radical (unpaired) electrons. The second-order valence-corrected chi connectivity index (χ2v) is 20.6. The van der Waals surface area contributed by atoms with Gasteiger partial charge in [0.1, 0.15) is 0 Å². The van der Waals surface area contributed by atoms with Crippen molar-refractivity contribution >= 4 is 64.5 Å². The average molecular weight is 849 g/mol. The van der Waals surface area contributed by atoms with E-state index in [1.807, 2.05) is 59.0 Å². The highest BCUT2D eigenvalue weighted by molar-refractivity contribution is 14.1. The topological polar surface area (TPSA) is 149 Å². The van der Waals surface area contributed by atoms with Gasteiger partial charge in [0.15, 0.2) is 17.3 Å². The molecule has 2 amide bonds. The van der Waals surface area contributed by atoms with E-state index in [1.165, 1.54) is 31.4 Å². The first-order chi connectivity index (χ1) is 25.2. The van der Waals surface area contributed by atoms with Crippen molar-refractivity contribution in [2.75, 3.05) is 18.6 Å². The van der Waals surface area contributed by atoms with Crippen molar-refractivity contribution in [2.24, 2.45) is 23.7 Å². The van der Waals surface area contributed by atoms with Gasteiger partial charge >= 0.3 is 0 Å². The minimum absolute atomic E-state index is 0.0215. The number of nitrogens with zero attached hydrogens (tertiary/aromatic N) is 2. The highest BCUT2D eigenvalue weighted by Gasteiger charge is 2.67. The van der Waals surface area contributed by atoms with Crippen molar-refractivity contribution in [1.29, 1.82) is 0 Å². The smallest absolute Gasteiger partial charge is 0.271 e. The van der Waals surface area contributed by atoms with E-state index in [2.05, 4.69) is 45.0 Å². The van der Waals surface area contributed by atoms with Gasteiger partial charge in [0.2, 0.25) is 11.8 Å². The quantitative estimate of drug-likeness (QED) is 0.0673. The number of nitro groups is 1. The average Bonchev–Trinajstić information content (AvgIpc) is 3.62. The summed E-state index contributed by atoms with van der Waals surface area (Å²) in [6.07, 6.45) is -0.425. The number of aliphatic hydroxyl groups is 1. The predicted octanol–water partition coefficient (Wildman–Crippen LogP) is 6.08. The first-order valence-corrected chi connectivity index (χ1v) is 20.5. The monoisotopic (exact) mass is 848 g/mol. The molecule has 1 aliphatic carbocycles. The number of imide groups is 1. The van der Waals surface area contributed by atoms with Crippen LogP contribution in [0.1, 0.15) is 45.3 Å². The summed E-state index contributed by atoms with van der Waals surface area (Å²) in [5.41, 5.74) is 0.508. The molecule has 0 bridgehead atoms. The van der Waals surface area contributed by atoms with E-state index in [0.29, 0.717) is 9.13 Å². The fourth-order valence-electron chi connectivity index (χ4n) is 8.80. The van der Waals surface area contributed by atoms with Gasteiger partial charge in [-0.15, -0.1) is 0 Å². The Bertz CT molecular complexity index is 2020. The fourth-order valence-corrected chi connectivity index (χ4v) is 14.0. The molecule has 0 spiro atoms. The Morgan fingerprint density at radius 1 is 0.962 bits per heavy atom. The highest BCUT2D eigenvalue weighted by atomic mass is 127. The first-order valence-electron chi connectivity index (χ1n) is 17.5. The lowest BCUT2D eigenvalue weighted by Gasteiger charge is -2.48. The molecule has 0 unspecified atom stereocenters. The van der Waals surface area contributed by atoms with E-state index in [-0.39, 0.29) is 47.4 Å². The molecule has 2 heterocycles. The minimum atomic E-state index is -3.10. The Morgan fingerprint density at radius 2 is 1.60 bits per heavy atom. The molecule has 2 aliphatic heterocycles. The molecule has 2 saturated heterocycles. The molecule has 4 aromatic rings. The van der Waals surface area contributed by atoms with Crippen molar-refractivity contribution in [3.63, 3.8) is 0 Å². The van der Waals surface area contributed by atoms with Crippen LogP contribution in [0.3, 0.4) is 0 Å². The number of aromatic hydroxyl groups is 1. The molecule has 13 heteroatoms. The van der Waals surface area contributed by atoms with Crippen molar-refractivity contribution < 1.29 is 38.6 Å². The van der Waals surface area contributed by atoms with Gasteiger partial charge < -0.3 is 24.1 Å². The summed E-state index contributed by atoms with van der Waals surface area (Å²) in [7, 11) is -1.65. The van der Waals surface area contributed by atoms with Crippen LogP contribution in [0.15, 0.2) is 97.1 Å². The zero-order chi connectivity index (χ0) is 37.9. The minimum Gasteiger partial charge on any atom is -0.504 e. The molecule has 4 aromatic carbocycles. The van der Waals surface area contributed by atoms with Gasteiger partial charge in [0.05, 0.1) is 39.2 Å². The number of phenols is 1. The number of amides is 2. The number of non-ortho nitro benzene ring substituents is 1. The Balaban J connectivity index is 1.32. The van der Waals surface area contributed by atoms with E-state index in [9.17, 15) is 29.9 Å². The standard InChI is InChI=1S/C40H41IN2O9Si/c1-39(2,3)53(28-14-7-5-8-15-28,29-16-9-6-10-17-29)51-23-25-20-30-35(38(46)42(37(30)45)26-12-11-13-27(21-26)43(48)49)31-22-33(52-40(25,31)47)24-18-32(41)36(44)34(19-24)50-4/h5-19,21,25,30-31,33,35,44,47H,20,22-23H2,1-4H3/t25-,30+,31+,33+,35+,40-/m1/s1. The normalized spacial score (nSPS) is 25.6. The van der Waals surface area contributed by atoms with E-state index in [0.717, 1.165) is 15.3 Å². The lowest BCUT2D eigenvalue weighted by Crippen LogP contribution is -2.67. The number of anilines is 1. The van der Waals surface area contributed by atoms with E-state index in [1.54, 1.807) is 12.1 Å². The molecule has 53 heavy (non-hydrogen) atoms. The number of rotatable bonds is 9. The Kier molecular flexibility index (Phi) is 9.76. The van der Waals surface area contributed by atoms with Gasteiger partial charge in [0.25, 0.3) is 14.0 Å². The Morgan fingerprint density at radius 3 is 2.19 bits per heavy atom. The third-order valence-electron chi connectivity index (χ3n) is 11.2. The molecule has 3 aliphatic rings. The van der Waals surface area contributed by atoms with Gasteiger partial charge in [-0.25, -0.2) is 4.90 Å². The van der Waals surface area contributed by atoms with Crippen LogP contribution in [0.25, 0.3) is 0 Å². The molecule has 11 nitrogen and oxygen atoms in total. The third kappa shape index (κ3) is 6.15.